The lowest BCUT2D eigenvalue weighted by Crippen LogP contribution is -2.21. The number of hydrogen-bond acceptors (Lipinski definition) is 4. The van der Waals surface area contributed by atoms with Crippen LogP contribution in [0, 0.1) is 6.92 Å². The van der Waals surface area contributed by atoms with Crippen molar-refractivity contribution in [3.05, 3.63) is 23.8 Å². The molecular weight excluding hydrogens is 226 g/mol. The van der Waals surface area contributed by atoms with E-state index in [2.05, 4.69) is 0 Å². The largest absolute Gasteiger partial charge is 0.480 e. The molecule has 0 amide bonds. The van der Waals surface area contributed by atoms with Gasteiger partial charge in [-0.2, -0.15) is 0 Å². The molecule has 0 aliphatic rings. The molecule has 0 aliphatic heterocycles. The molecule has 1 unspecified atom stereocenters. The second kappa shape index (κ2) is 5.77. The minimum Gasteiger partial charge on any atom is -0.480 e. The van der Waals surface area contributed by atoms with E-state index in [1.807, 2.05) is 19.1 Å². The number of anilines is 1. The summed E-state index contributed by atoms with van der Waals surface area (Å²) in [5, 5.41) is 8.35. The molecule has 1 rings (SSSR count). The van der Waals surface area contributed by atoms with Crippen LogP contribution in [0.4, 0.5) is 5.69 Å². The number of carboxylic acids is 1. The number of aliphatic carboxylic acids is 1. The Morgan fingerprint density at radius 2 is 2.31 bits per heavy atom. The zero-order valence-corrected chi connectivity index (χ0v) is 10.1. The molecule has 0 saturated heterocycles. The lowest BCUT2D eigenvalue weighted by Gasteiger charge is -2.12. The zero-order valence-electron chi connectivity index (χ0n) is 9.27. The summed E-state index contributed by atoms with van der Waals surface area (Å²) in [7, 11) is 1.48. The third kappa shape index (κ3) is 3.43. The number of benzene rings is 1. The summed E-state index contributed by atoms with van der Waals surface area (Å²) >= 11 is 1.21. The van der Waals surface area contributed by atoms with Gasteiger partial charge >= 0.3 is 5.97 Å². The Hall–Kier alpha value is -1.20. The molecule has 4 nitrogen and oxygen atoms in total. The Labute approximate surface area is 98.8 Å². The number of nitrogen functional groups attached to an aromatic ring is 1. The molecule has 0 radical (unpaired) electrons. The van der Waals surface area contributed by atoms with Crippen LogP contribution < -0.4 is 5.73 Å². The highest BCUT2D eigenvalue weighted by atomic mass is 32.2. The predicted molar refractivity (Wildman–Crippen MR) is 64.7 cm³/mol. The van der Waals surface area contributed by atoms with Crippen LogP contribution in [0.3, 0.4) is 0 Å². The van der Waals surface area contributed by atoms with Crippen LogP contribution in [0.5, 0.6) is 0 Å². The van der Waals surface area contributed by atoms with Crippen molar-refractivity contribution >= 4 is 23.4 Å². The maximum Gasteiger partial charge on any atom is 0.319 e. The van der Waals surface area contributed by atoms with Crippen LogP contribution in [0.1, 0.15) is 5.56 Å². The Balaban J connectivity index is 2.84. The van der Waals surface area contributed by atoms with Gasteiger partial charge in [0.15, 0.2) is 0 Å². The summed E-state index contributed by atoms with van der Waals surface area (Å²) in [6.45, 7) is 2.10. The number of nitrogens with two attached hydrogens (primary N) is 1. The predicted octanol–water partition coefficient (Wildman–Crippen LogP) is 1.77. The average molecular weight is 241 g/mol. The van der Waals surface area contributed by atoms with Gasteiger partial charge in [-0.05, 0) is 24.6 Å². The number of ether oxygens (including phenoxy) is 1. The summed E-state index contributed by atoms with van der Waals surface area (Å²) in [4.78, 5) is 11.7. The maximum atomic E-state index is 10.9. The third-order valence-electron chi connectivity index (χ3n) is 2.03. The van der Waals surface area contributed by atoms with E-state index in [1.54, 1.807) is 6.07 Å². The molecule has 3 N–H and O–H groups in total. The first kappa shape index (κ1) is 12.9. The molecule has 1 atom stereocenters. The van der Waals surface area contributed by atoms with Gasteiger partial charge in [0, 0.05) is 17.7 Å². The van der Waals surface area contributed by atoms with Crippen molar-refractivity contribution in [2.75, 3.05) is 19.5 Å². The number of aryl methyl sites for hydroxylation is 1. The first-order valence-electron chi connectivity index (χ1n) is 4.79. The van der Waals surface area contributed by atoms with Crippen molar-refractivity contribution in [3.63, 3.8) is 0 Å². The Kier molecular flexibility index (Phi) is 4.64. The van der Waals surface area contributed by atoms with Gasteiger partial charge in [0.25, 0.3) is 0 Å². The van der Waals surface area contributed by atoms with Gasteiger partial charge in [0.05, 0.1) is 6.61 Å². The number of carboxylic acid groups (broad SMARTS) is 1. The van der Waals surface area contributed by atoms with Gasteiger partial charge in [-0.25, -0.2) is 0 Å². The van der Waals surface area contributed by atoms with E-state index in [0.717, 1.165) is 10.5 Å². The highest BCUT2D eigenvalue weighted by Gasteiger charge is 2.19. The van der Waals surface area contributed by atoms with Crippen molar-refractivity contribution in [1.82, 2.24) is 0 Å². The Morgan fingerprint density at radius 1 is 1.62 bits per heavy atom. The fourth-order valence-corrected chi connectivity index (χ4v) is 2.27. The topological polar surface area (TPSA) is 72.5 Å². The van der Waals surface area contributed by atoms with E-state index in [9.17, 15) is 4.79 Å². The van der Waals surface area contributed by atoms with Gasteiger partial charge in [-0.1, -0.05) is 6.07 Å². The number of thioether (sulfide) groups is 1. The highest BCUT2D eigenvalue weighted by Crippen LogP contribution is 2.29. The summed E-state index contributed by atoms with van der Waals surface area (Å²) in [6, 6.07) is 5.56. The summed E-state index contributed by atoms with van der Waals surface area (Å²) in [5.41, 5.74) is 7.43. The molecule has 0 aliphatic carbocycles. The SMILES string of the molecule is COCC(Sc1cc(C)ccc1N)C(=O)O. The van der Waals surface area contributed by atoms with E-state index < -0.39 is 11.2 Å². The summed E-state index contributed by atoms with van der Waals surface area (Å²) < 4.78 is 4.87. The van der Waals surface area contributed by atoms with E-state index in [-0.39, 0.29) is 6.61 Å². The second-order valence-electron chi connectivity index (χ2n) is 3.44. The van der Waals surface area contributed by atoms with Gasteiger partial charge in [0.1, 0.15) is 5.25 Å². The molecule has 0 aromatic heterocycles. The lowest BCUT2D eigenvalue weighted by molar-refractivity contribution is -0.137. The molecule has 1 aromatic rings. The normalized spacial score (nSPS) is 12.4. The van der Waals surface area contributed by atoms with Crippen molar-refractivity contribution in [1.29, 1.82) is 0 Å². The van der Waals surface area contributed by atoms with Gasteiger partial charge in [0.2, 0.25) is 0 Å². The fourth-order valence-electron chi connectivity index (χ4n) is 1.20. The van der Waals surface area contributed by atoms with Crippen LogP contribution in [0.25, 0.3) is 0 Å². The third-order valence-corrected chi connectivity index (χ3v) is 3.26. The number of methoxy groups -OCH3 is 1. The van der Waals surface area contributed by atoms with E-state index >= 15 is 0 Å². The Morgan fingerprint density at radius 3 is 2.88 bits per heavy atom. The highest BCUT2D eigenvalue weighted by molar-refractivity contribution is 8.00. The summed E-state index contributed by atoms with van der Waals surface area (Å²) in [5.74, 6) is -0.896. The van der Waals surface area contributed by atoms with Gasteiger partial charge in [-0.3, -0.25) is 4.79 Å². The second-order valence-corrected chi connectivity index (χ2v) is 4.69. The summed E-state index contributed by atoms with van der Waals surface area (Å²) in [6.07, 6.45) is 0. The van der Waals surface area contributed by atoms with E-state index in [0.29, 0.717) is 5.69 Å². The van der Waals surface area contributed by atoms with Crippen molar-refractivity contribution in [2.24, 2.45) is 0 Å². The monoisotopic (exact) mass is 241 g/mol. The van der Waals surface area contributed by atoms with Crippen LogP contribution >= 0.6 is 11.8 Å². The number of carbonyl (C=O) groups is 1. The quantitative estimate of drug-likeness (QED) is 0.607. The molecule has 5 heteroatoms. The first-order chi connectivity index (χ1) is 7.54. The minimum atomic E-state index is -0.896. The Bertz CT molecular complexity index is 381. The number of hydrogen-bond donors (Lipinski definition) is 2. The van der Waals surface area contributed by atoms with E-state index in [4.69, 9.17) is 15.6 Å². The molecule has 0 saturated carbocycles. The van der Waals surface area contributed by atoms with Gasteiger partial charge in [-0.15, -0.1) is 11.8 Å². The van der Waals surface area contributed by atoms with Crippen molar-refractivity contribution in [2.45, 2.75) is 17.1 Å². The maximum absolute atomic E-state index is 10.9. The molecule has 1 aromatic carbocycles. The first-order valence-corrected chi connectivity index (χ1v) is 5.67. The lowest BCUT2D eigenvalue weighted by atomic mass is 10.2. The van der Waals surface area contributed by atoms with E-state index in [1.165, 1.54) is 18.9 Å². The molecule has 0 heterocycles. The molecule has 0 bridgehead atoms. The molecule has 16 heavy (non-hydrogen) atoms. The van der Waals surface area contributed by atoms with Crippen LogP contribution in [0.15, 0.2) is 23.1 Å². The van der Waals surface area contributed by atoms with Crippen molar-refractivity contribution < 1.29 is 14.6 Å². The van der Waals surface area contributed by atoms with Crippen molar-refractivity contribution in [3.8, 4) is 0 Å². The van der Waals surface area contributed by atoms with Crippen LogP contribution in [-0.2, 0) is 9.53 Å². The standard InChI is InChI=1S/C11H15NO3S/c1-7-3-4-8(12)9(5-7)16-10(6-15-2)11(13)14/h3-5,10H,6,12H2,1-2H3,(H,13,14). The zero-order chi connectivity index (χ0) is 12.1. The van der Waals surface area contributed by atoms with Crippen LogP contribution in [-0.4, -0.2) is 30.0 Å². The average Bonchev–Trinajstić information content (AvgIpc) is 2.22. The molecular formula is C11H15NO3S. The van der Waals surface area contributed by atoms with Crippen LogP contribution in [0.2, 0.25) is 0 Å². The molecule has 0 fully saturated rings. The molecule has 0 spiro atoms. The minimum absolute atomic E-state index is 0.160. The van der Waals surface area contributed by atoms with Gasteiger partial charge < -0.3 is 15.6 Å². The smallest absolute Gasteiger partial charge is 0.319 e. The number of rotatable bonds is 5. The molecule has 88 valence electrons. The fraction of sp³-hybridized carbons (Fsp3) is 0.364.